The molecule has 3 aromatic rings. The zero-order valence-corrected chi connectivity index (χ0v) is 16.4. The van der Waals surface area contributed by atoms with Crippen LogP contribution in [0, 0.1) is 11.6 Å². The van der Waals surface area contributed by atoms with Crippen molar-refractivity contribution in [3.05, 3.63) is 101 Å². The van der Waals surface area contributed by atoms with Gasteiger partial charge in [-0.05, 0) is 66.9 Å². The monoisotopic (exact) mass is 393 g/mol. The van der Waals surface area contributed by atoms with E-state index in [0.717, 1.165) is 40.2 Å². The quantitative estimate of drug-likeness (QED) is 0.572. The van der Waals surface area contributed by atoms with Crippen molar-refractivity contribution in [3.63, 3.8) is 0 Å². The predicted octanol–water partition coefficient (Wildman–Crippen LogP) is 6.07. The average Bonchev–Trinajstić information content (AvgIpc) is 2.69. The highest BCUT2D eigenvalue weighted by molar-refractivity contribution is 6.04. The minimum absolute atomic E-state index is 0.448. The zero-order valence-electron chi connectivity index (χ0n) is 16.4. The Labute approximate surface area is 168 Å². The van der Waals surface area contributed by atoms with Gasteiger partial charge in [0.15, 0.2) is 0 Å². The molecule has 0 spiro atoms. The van der Waals surface area contributed by atoms with Gasteiger partial charge in [0.2, 0.25) is 0 Å². The molecule has 3 aromatic carbocycles. The number of carbonyl (C=O) groups excluding carboxylic acids is 1. The van der Waals surface area contributed by atoms with Gasteiger partial charge >= 0.3 is 0 Å². The Morgan fingerprint density at radius 1 is 0.828 bits per heavy atom. The third kappa shape index (κ3) is 4.51. The summed E-state index contributed by atoms with van der Waals surface area (Å²) in [6.07, 6.45) is 0. The van der Waals surface area contributed by atoms with Crippen LogP contribution in [0.15, 0.2) is 72.3 Å². The van der Waals surface area contributed by atoms with E-state index in [4.69, 9.17) is 4.74 Å². The number of rotatable bonds is 5. The van der Waals surface area contributed by atoms with E-state index < -0.39 is 23.1 Å². The molecule has 29 heavy (non-hydrogen) atoms. The van der Waals surface area contributed by atoms with Crippen molar-refractivity contribution in [1.82, 2.24) is 0 Å². The van der Waals surface area contributed by atoms with Gasteiger partial charge in [0.25, 0.3) is 5.91 Å². The van der Waals surface area contributed by atoms with Crippen LogP contribution in [0.1, 0.15) is 35.3 Å². The molecular formula is C24H21F2NO2. The van der Waals surface area contributed by atoms with Gasteiger partial charge in [-0.15, -0.1) is 0 Å². The highest BCUT2D eigenvalue weighted by Gasteiger charge is 2.17. The van der Waals surface area contributed by atoms with Crippen LogP contribution in [0.25, 0.3) is 5.57 Å². The topological polar surface area (TPSA) is 38.3 Å². The minimum atomic E-state index is -0.898. The van der Waals surface area contributed by atoms with E-state index in [1.807, 2.05) is 50.2 Å². The first kappa shape index (κ1) is 20.3. The number of hydrogen-bond donors (Lipinski definition) is 1. The summed E-state index contributed by atoms with van der Waals surface area (Å²) in [7, 11) is 1.62. The lowest BCUT2D eigenvalue weighted by molar-refractivity contribution is 0.101. The second-order valence-electron chi connectivity index (χ2n) is 6.73. The van der Waals surface area contributed by atoms with Crippen molar-refractivity contribution >= 4 is 17.2 Å². The number of amides is 1. The molecule has 3 nitrogen and oxygen atoms in total. The number of allylic oxidation sites excluding steroid dienone is 1. The maximum Gasteiger partial charge on any atom is 0.261 e. The number of methoxy groups -OCH3 is 1. The summed E-state index contributed by atoms with van der Waals surface area (Å²) in [6, 6.07) is 18.2. The fourth-order valence-corrected chi connectivity index (χ4v) is 3.13. The number of benzene rings is 3. The Hall–Kier alpha value is -3.47. The van der Waals surface area contributed by atoms with Crippen LogP contribution in [0.3, 0.4) is 0 Å². The largest absolute Gasteiger partial charge is 0.497 e. The molecule has 0 aliphatic heterocycles. The van der Waals surface area contributed by atoms with Crippen molar-refractivity contribution < 1.29 is 18.3 Å². The van der Waals surface area contributed by atoms with E-state index in [0.29, 0.717) is 5.69 Å². The number of nitrogens with one attached hydrogen (secondary N) is 1. The van der Waals surface area contributed by atoms with Crippen molar-refractivity contribution in [1.29, 1.82) is 0 Å². The Morgan fingerprint density at radius 2 is 1.34 bits per heavy atom. The maximum absolute atomic E-state index is 13.8. The molecule has 0 aromatic heterocycles. The summed E-state index contributed by atoms with van der Waals surface area (Å²) in [5.41, 5.74) is 4.04. The van der Waals surface area contributed by atoms with E-state index in [-0.39, 0.29) is 0 Å². The molecule has 0 saturated carbocycles. The summed E-state index contributed by atoms with van der Waals surface area (Å²) < 4.78 is 32.8. The summed E-state index contributed by atoms with van der Waals surface area (Å²) in [4.78, 5) is 12.3. The Balaban J connectivity index is 1.84. The van der Waals surface area contributed by atoms with E-state index in [9.17, 15) is 13.6 Å². The molecule has 0 bridgehead atoms. The van der Waals surface area contributed by atoms with Crippen LogP contribution >= 0.6 is 0 Å². The lowest BCUT2D eigenvalue weighted by Crippen LogP contribution is -2.15. The minimum Gasteiger partial charge on any atom is -0.497 e. The zero-order chi connectivity index (χ0) is 21.0. The number of hydrogen-bond acceptors (Lipinski definition) is 2. The van der Waals surface area contributed by atoms with Crippen molar-refractivity contribution in [2.75, 3.05) is 12.4 Å². The van der Waals surface area contributed by atoms with E-state index >= 15 is 0 Å². The van der Waals surface area contributed by atoms with Gasteiger partial charge < -0.3 is 10.1 Å². The molecule has 1 N–H and O–H groups in total. The number of carbonyl (C=O) groups is 1. The van der Waals surface area contributed by atoms with Gasteiger partial charge in [-0.2, -0.15) is 0 Å². The predicted molar refractivity (Wildman–Crippen MR) is 111 cm³/mol. The molecule has 0 aliphatic carbocycles. The number of anilines is 1. The summed E-state index contributed by atoms with van der Waals surface area (Å²) in [5.74, 6) is -1.85. The molecule has 0 radical (unpaired) electrons. The molecule has 5 heteroatoms. The first-order valence-corrected chi connectivity index (χ1v) is 9.08. The van der Waals surface area contributed by atoms with Gasteiger partial charge in [-0.1, -0.05) is 35.9 Å². The fourth-order valence-electron chi connectivity index (χ4n) is 3.13. The molecule has 0 saturated heterocycles. The summed E-state index contributed by atoms with van der Waals surface area (Å²) >= 11 is 0. The van der Waals surface area contributed by atoms with E-state index in [1.54, 1.807) is 19.2 Å². The van der Waals surface area contributed by atoms with Gasteiger partial charge in [0.1, 0.15) is 22.9 Å². The molecule has 1 amide bonds. The van der Waals surface area contributed by atoms with Gasteiger partial charge in [-0.25, -0.2) is 8.78 Å². The Kier molecular flexibility index (Phi) is 6.07. The lowest BCUT2D eigenvalue weighted by atomic mass is 9.94. The standard InChI is InChI=1S/C24H21F2NO2/c1-15(2)22(17-9-13-19(29-3)14-10-17)16-7-11-18(12-8-16)27-24(28)23-20(25)5-4-6-21(23)26/h4-14H,1-3H3,(H,27,28). The molecule has 0 fully saturated rings. The van der Waals surface area contributed by atoms with Crippen molar-refractivity contribution in [2.45, 2.75) is 13.8 Å². The van der Waals surface area contributed by atoms with Crippen LogP contribution < -0.4 is 10.1 Å². The second-order valence-corrected chi connectivity index (χ2v) is 6.73. The first-order chi connectivity index (χ1) is 13.9. The van der Waals surface area contributed by atoms with Crippen LogP contribution in [0.5, 0.6) is 5.75 Å². The van der Waals surface area contributed by atoms with Crippen molar-refractivity contribution in [2.24, 2.45) is 0 Å². The van der Waals surface area contributed by atoms with Crippen LogP contribution in [-0.4, -0.2) is 13.0 Å². The molecule has 148 valence electrons. The average molecular weight is 393 g/mol. The van der Waals surface area contributed by atoms with E-state index in [1.165, 1.54) is 6.07 Å². The van der Waals surface area contributed by atoms with Gasteiger partial charge in [0.05, 0.1) is 7.11 Å². The summed E-state index contributed by atoms with van der Waals surface area (Å²) in [6.45, 7) is 4.05. The SMILES string of the molecule is COc1ccc(C(=C(C)C)c2ccc(NC(=O)c3c(F)cccc3F)cc2)cc1. The Bertz CT molecular complexity index is 1030. The third-order valence-electron chi connectivity index (χ3n) is 4.50. The van der Waals surface area contributed by atoms with Crippen molar-refractivity contribution in [3.8, 4) is 5.75 Å². The molecule has 0 heterocycles. The molecule has 3 rings (SSSR count). The smallest absolute Gasteiger partial charge is 0.261 e. The fraction of sp³-hybridized carbons (Fsp3) is 0.125. The highest BCUT2D eigenvalue weighted by atomic mass is 19.1. The second kappa shape index (κ2) is 8.69. The Morgan fingerprint density at radius 3 is 1.83 bits per heavy atom. The van der Waals surface area contributed by atoms with E-state index in [2.05, 4.69) is 5.32 Å². The van der Waals surface area contributed by atoms with Crippen LogP contribution in [0.2, 0.25) is 0 Å². The molecule has 0 aliphatic rings. The molecular weight excluding hydrogens is 372 g/mol. The number of ether oxygens (including phenoxy) is 1. The third-order valence-corrected chi connectivity index (χ3v) is 4.50. The maximum atomic E-state index is 13.8. The van der Waals surface area contributed by atoms with Gasteiger partial charge in [0, 0.05) is 5.69 Å². The highest BCUT2D eigenvalue weighted by Crippen LogP contribution is 2.29. The lowest BCUT2D eigenvalue weighted by Gasteiger charge is -2.13. The number of halogens is 2. The van der Waals surface area contributed by atoms with Gasteiger partial charge in [-0.3, -0.25) is 4.79 Å². The van der Waals surface area contributed by atoms with Crippen LogP contribution in [-0.2, 0) is 0 Å². The first-order valence-electron chi connectivity index (χ1n) is 9.08. The molecule has 0 atom stereocenters. The summed E-state index contributed by atoms with van der Waals surface area (Å²) in [5, 5.41) is 2.54. The normalized spacial score (nSPS) is 10.4. The van der Waals surface area contributed by atoms with Crippen LogP contribution in [0.4, 0.5) is 14.5 Å². The molecule has 0 unspecified atom stereocenters.